The molecule has 2 heterocycles. The third-order valence-corrected chi connectivity index (χ3v) is 4.53. The maximum absolute atomic E-state index is 12.6. The summed E-state index contributed by atoms with van der Waals surface area (Å²) in [6.07, 6.45) is 1.60. The summed E-state index contributed by atoms with van der Waals surface area (Å²) in [6.45, 7) is 12.2. The highest BCUT2D eigenvalue weighted by Crippen LogP contribution is 2.20. The van der Waals surface area contributed by atoms with Gasteiger partial charge in [-0.2, -0.15) is 5.10 Å². The molecule has 1 fully saturated rings. The summed E-state index contributed by atoms with van der Waals surface area (Å²) >= 11 is 0. The highest BCUT2D eigenvalue weighted by atomic mass is 16.2. The van der Waals surface area contributed by atoms with Gasteiger partial charge in [-0.1, -0.05) is 13.8 Å². The molecule has 1 atom stereocenters. The number of rotatable bonds is 6. The number of nitrogens with one attached hydrogen (secondary N) is 1. The van der Waals surface area contributed by atoms with E-state index in [-0.39, 0.29) is 5.91 Å². The Kier molecular flexibility index (Phi) is 5.62. The molecule has 0 bridgehead atoms. The molecule has 1 saturated heterocycles. The summed E-state index contributed by atoms with van der Waals surface area (Å²) in [5.41, 5.74) is 3.26. The molecule has 0 aromatic carbocycles. The third kappa shape index (κ3) is 3.88. The summed E-state index contributed by atoms with van der Waals surface area (Å²) in [7, 11) is 1.97. The monoisotopic (exact) mass is 306 g/mol. The number of carbonyl (C=O) groups excluding carboxylic acids is 1. The van der Waals surface area contributed by atoms with Crippen LogP contribution in [0.15, 0.2) is 0 Å². The van der Waals surface area contributed by atoms with Crippen molar-refractivity contribution in [3.63, 3.8) is 0 Å². The van der Waals surface area contributed by atoms with E-state index < -0.39 is 0 Å². The fraction of sp³-hybridized carbons (Fsp3) is 0.765. The average molecular weight is 306 g/mol. The van der Waals surface area contributed by atoms with Gasteiger partial charge in [-0.05, 0) is 45.7 Å². The first-order valence-corrected chi connectivity index (χ1v) is 8.37. The molecule has 2 rings (SSSR count). The number of hydrogen-bond acceptors (Lipinski definition) is 3. The number of hydrogen-bond donors (Lipinski definition) is 1. The normalized spacial score (nSPS) is 18.5. The van der Waals surface area contributed by atoms with Gasteiger partial charge in [0.25, 0.3) is 0 Å². The van der Waals surface area contributed by atoms with Crippen LogP contribution in [-0.2, 0) is 17.8 Å². The van der Waals surface area contributed by atoms with Crippen LogP contribution in [0.2, 0.25) is 0 Å². The Balaban J connectivity index is 2.01. The lowest BCUT2D eigenvalue weighted by atomic mass is 10.1. The van der Waals surface area contributed by atoms with E-state index in [4.69, 9.17) is 0 Å². The summed E-state index contributed by atoms with van der Waals surface area (Å²) in [5, 5.41) is 7.82. The van der Waals surface area contributed by atoms with Gasteiger partial charge >= 0.3 is 0 Å². The molecule has 22 heavy (non-hydrogen) atoms. The average Bonchev–Trinajstić information content (AvgIpc) is 3.00. The van der Waals surface area contributed by atoms with Crippen LogP contribution in [0.5, 0.6) is 0 Å². The maximum atomic E-state index is 12.6. The zero-order chi connectivity index (χ0) is 16.3. The minimum atomic E-state index is 0.244. The van der Waals surface area contributed by atoms with Crippen molar-refractivity contribution in [2.24, 2.45) is 11.8 Å². The smallest absolute Gasteiger partial charge is 0.227 e. The molecule has 1 aromatic rings. The number of carbonyl (C=O) groups is 1. The van der Waals surface area contributed by atoms with Gasteiger partial charge < -0.3 is 10.2 Å². The van der Waals surface area contributed by atoms with Gasteiger partial charge in [0.05, 0.1) is 12.1 Å². The van der Waals surface area contributed by atoms with Crippen LogP contribution < -0.4 is 5.32 Å². The van der Waals surface area contributed by atoms with Gasteiger partial charge in [-0.3, -0.25) is 9.48 Å². The predicted molar refractivity (Wildman–Crippen MR) is 88.9 cm³/mol. The lowest BCUT2D eigenvalue weighted by molar-refractivity contribution is -0.129. The highest BCUT2D eigenvalue weighted by Gasteiger charge is 2.27. The van der Waals surface area contributed by atoms with Crippen LogP contribution in [-0.4, -0.2) is 47.3 Å². The molecule has 5 heteroatoms. The molecule has 5 nitrogen and oxygen atoms in total. The number of amides is 1. The summed E-state index contributed by atoms with van der Waals surface area (Å²) in [5.74, 6) is 1.40. The fourth-order valence-corrected chi connectivity index (χ4v) is 3.29. The van der Waals surface area contributed by atoms with Crippen LogP contribution in [0.1, 0.15) is 37.2 Å². The fourth-order valence-electron chi connectivity index (χ4n) is 3.29. The van der Waals surface area contributed by atoms with Crippen molar-refractivity contribution in [2.75, 3.05) is 26.7 Å². The van der Waals surface area contributed by atoms with Crippen molar-refractivity contribution in [2.45, 2.75) is 47.1 Å². The van der Waals surface area contributed by atoms with Crippen molar-refractivity contribution in [1.82, 2.24) is 20.0 Å². The van der Waals surface area contributed by atoms with E-state index in [1.807, 2.05) is 18.9 Å². The van der Waals surface area contributed by atoms with Crippen LogP contribution in [0, 0.1) is 25.7 Å². The minimum Gasteiger partial charge on any atom is -0.342 e. The number of aryl methyl sites for hydroxylation is 1. The topological polar surface area (TPSA) is 50.2 Å². The van der Waals surface area contributed by atoms with E-state index >= 15 is 0 Å². The van der Waals surface area contributed by atoms with Gasteiger partial charge in [0.15, 0.2) is 0 Å². The zero-order valence-electron chi connectivity index (χ0n) is 14.6. The molecule has 0 aliphatic carbocycles. The van der Waals surface area contributed by atoms with Gasteiger partial charge in [0, 0.05) is 30.9 Å². The molecule has 1 aliphatic heterocycles. The molecule has 1 amide bonds. The first-order chi connectivity index (χ1) is 10.4. The van der Waals surface area contributed by atoms with Gasteiger partial charge in [0.1, 0.15) is 0 Å². The lowest BCUT2D eigenvalue weighted by Gasteiger charge is -2.17. The molecule has 0 spiro atoms. The summed E-state index contributed by atoms with van der Waals surface area (Å²) < 4.78 is 2.05. The van der Waals surface area contributed by atoms with Crippen LogP contribution in [0.4, 0.5) is 0 Å². The largest absolute Gasteiger partial charge is 0.342 e. The summed E-state index contributed by atoms with van der Waals surface area (Å²) in [6, 6.07) is 0. The van der Waals surface area contributed by atoms with Gasteiger partial charge in [0.2, 0.25) is 5.91 Å². The molecule has 1 aromatic heterocycles. The molecule has 0 saturated carbocycles. The first kappa shape index (κ1) is 17.0. The molecule has 124 valence electrons. The van der Waals surface area contributed by atoms with Crippen molar-refractivity contribution >= 4 is 5.91 Å². The SMILES string of the molecule is CNC[C@H]1CCN(C(=O)Cc2c(C)nn(CC(C)C)c2C)C1. The molecule has 0 unspecified atom stereocenters. The first-order valence-electron chi connectivity index (χ1n) is 8.37. The molecule has 1 N–H and O–H groups in total. The Labute approximate surface area is 134 Å². The molecule has 1 aliphatic rings. The van der Waals surface area contributed by atoms with Gasteiger partial charge in [-0.15, -0.1) is 0 Å². The Hall–Kier alpha value is -1.36. The van der Waals surface area contributed by atoms with Gasteiger partial charge in [-0.25, -0.2) is 0 Å². The Morgan fingerprint density at radius 1 is 1.41 bits per heavy atom. The Morgan fingerprint density at radius 2 is 2.14 bits per heavy atom. The van der Waals surface area contributed by atoms with E-state index in [2.05, 4.69) is 35.9 Å². The number of aromatic nitrogens is 2. The van der Waals surface area contributed by atoms with Crippen molar-refractivity contribution in [3.8, 4) is 0 Å². The minimum absolute atomic E-state index is 0.244. The van der Waals surface area contributed by atoms with Crippen molar-refractivity contribution in [1.29, 1.82) is 0 Å². The van der Waals surface area contributed by atoms with Crippen molar-refractivity contribution in [3.05, 3.63) is 17.0 Å². The second-order valence-electron chi connectivity index (χ2n) is 6.95. The number of nitrogens with zero attached hydrogens (tertiary/aromatic N) is 3. The quantitative estimate of drug-likeness (QED) is 0.871. The third-order valence-electron chi connectivity index (χ3n) is 4.53. The molecular formula is C17H30N4O. The standard InChI is InChI=1S/C17H30N4O/c1-12(2)10-21-14(4)16(13(3)19-21)8-17(22)20-7-6-15(11-20)9-18-5/h12,15,18H,6-11H2,1-5H3/t15-/m1/s1. The Bertz CT molecular complexity index is 521. The maximum Gasteiger partial charge on any atom is 0.227 e. The van der Waals surface area contributed by atoms with Crippen molar-refractivity contribution < 1.29 is 4.79 Å². The van der Waals surface area contributed by atoms with E-state index in [0.717, 1.165) is 49.6 Å². The lowest BCUT2D eigenvalue weighted by Crippen LogP contribution is -2.31. The van der Waals surface area contributed by atoms with Crippen LogP contribution >= 0.6 is 0 Å². The predicted octanol–water partition coefficient (Wildman–Crippen LogP) is 1.77. The number of likely N-dealkylation sites (tertiary alicyclic amines) is 1. The van der Waals surface area contributed by atoms with E-state index in [1.54, 1.807) is 0 Å². The Morgan fingerprint density at radius 3 is 2.77 bits per heavy atom. The van der Waals surface area contributed by atoms with Crippen LogP contribution in [0.3, 0.4) is 0 Å². The van der Waals surface area contributed by atoms with Crippen LogP contribution in [0.25, 0.3) is 0 Å². The highest BCUT2D eigenvalue weighted by molar-refractivity contribution is 5.79. The van der Waals surface area contributed by atoms with E-state index in [9.17, 15) is 4.79 Å². The second kappa shape index (κ2) is 7.27. The second-order valence-corrected chi connectivity index (χ2v) is 6.95. The van der Waals surface area contributed by atoms with E-state index in [1.165, 1.54) is 0 Å². The summed E-state index contributed by atoms with van der Waals surface area (Å²) in [4.78, 5) is 14.6. The zero-order valence-corrected chi connectivity index (χ0v) is 14.6. The van der Waals surface area contributed by atoms with E-state index in [0.29, 0.717) is 18.3 Å². The molecular weight excluding hydrogens is 276 g/mol. The molecule has 0 radical (unpaired) electrons.